The minimum Gasteiger partial charge on any atom is -0.309 e. The van der Waals surface area contributed by atoms with Gasteiger partial charge in [0.15, 0.2) is 0 Å². The van der Waals surface area contributed by atoms with Crippen LogP contribution in [0.4, 0.5) is 0 Å². The highest BCUT2D eigenvalue weighted by Gasteiger charge is 2.34. The van der Waals surface area contributed by atoms with Crippen LogP contribution in [0.3, 0.4) is 0 Å². The van der Waals surface area contributed by atoms with Crippen molar-refractivity contribution in [3.8, 4) is 33.6 Å². The first kappa shape index (κ1) is 32.0. The molecular formula is C52H40N2. The van der Waals surface area contributed by atoms with Crippen molar-refractivity contribution in [3.63, 3.8) is 0 Å². The predicted octanol–water partition coefficient (Wildman–Crippen LogP) is 14.0. The number of para-hydroxylation sites is 2. The van der Waals surface area contributed by atoms with E-state index in [4.69, 9.17) is 0 Å². The van der Waals surface area contributed by atoms with Gasteiger partial charge in [0.1, 0.15) is 0 Å². The summed E-state index contributed by atoms with van der Waals surface area (Å²) in [5, 5.41) is 5.04. The number of nitrogens with zero attached hydrogens (tertiary/aromatic N) is 2. The fourth-order valence-electron chi connectivity index (χ4n) is 8.82. The van der Waals surface area contributed by atoms with E-state index in [2.05, 4.69) is 200 Å². The van der Waals surface area contributed by atoms with Gasteiger partial charge in [0.25, 0.3) is 0 Å². The van der Waals surface area contributed by atoms with E-state index < -0.39 is 0 Å². The van der Waals surface area contributed by atoms with E-state index in [1.54, 1.807) is 0 Å². The van der Waals surface area contributed by atoms with E-state index in [1.165, 1.54) is 93.8 Å². The summed E-state index contributed by atoms with van der Waals surface area (Å²) in [6, 6.07) is 58.0. The molecule has 0 fully saturated rings. The second-order valence-electron chi connectivity index (χ2n) is 15.1. The van der Waals surface area contributed by atoms with Crippen molar-refractivity contribution in [2.45, 2.75) is 26.2 Å². The zero-order valence-electron chi connectivity index (χ0n) is 30.8. The average molecular weight is 693 g/mol. The number of hydrogen-bond acceptors (Lipinski definition) is 0. The first-order valence-corrected chi connectivity index (χ1v) is 18.8. The van der Waals surface area contributed by atoms with Gasteiger partial charge in [-0.25, -0.2) is 0 Å². The summed E-state index contributed by atoms with van der Waals surface area (Å²) in [7, 11) is 0. The molecule has 0 radical (unpaired) electrons. The van der Waals surface area contributed by atoms with Crippen molar-refractivity contribution in [1.29, 1.82) is 0 Å². The molecule has 2 nitrogen and oxygen atoms in total. The lowest BCUT2D eigenvalue weighted by molar-refractivity contribution is 0.638. The third-order valence-corrected chi connectivity index (χ3v) is 11.9. The molecule has 2 heterocycles. The minimum atomic E-state index is -0.0826. The van der Waals surface area contributed by atoms with Gasteiger partial charge in [-0.05, 0) is 94.4 Å². The van der Waals surface area contributed by atoms with E-state index in [-0.39, 0.29) is 5.41 Å². The highest BCUT2D eigenvalue weighted by atomic mass is 15.0. The maximum absolute atomic E-state index is 3.92. The predicted molar refractivity (Wildman–Crippen MR) is 231 cm³/mol. The van der Waals surface area contributed by atoms with Gasteiger partial charge in [0, 0.05) is 38.3 Å². The summed E-state index contributed by atoms with van der Waals surface area (Å²) in [6.45, 7) is 10.9. The number of aromatic nitrogens is 2. The van der Waals surface area contributed by atoms with Crippen LogP contribution >= 0.6 is 0 Å². The molecule has 0 bridgehead atoms. The second-order valence-corrected chi connectivity index (χ2v) is 15.1. The lowest BCUT2D eigenvalue weighted by Crippen LogP contribution is -2.16. The van der Waals surface area contributed by atoms with Crippen LogP contribution < -0.4 is 0 Å². The van der Waals surface area contributed by atoms with E-state index in [0.717, 1.165) is 5.69 Å². The Morgan fingerprint density at radius 1 is 0.481 bits per heavy atom. The molecule has 0 unspecified atom stereocenters. The summed E-state index contributed by atoms with van der Waals surface area (Å²) >= 11 is 0. The van der Waals surface area contributed by atoms with E-state index in [1.807, 2.05) is 12.2 Å². The molecule has 0 spiro atoms. The highest BCUT2D eigenvalue weighted by Crippen LogP contribution is 2.48. The first-order valence-electron chi connectivity index (χ1n) is 18.8. The highest BCUT2D eigenvalue weighted by molar-refractivity contribution is 6.19. The molecule has 0 saturated carbocycles. The first-order chi connectivity index (χ1) is 26.4. The van der Waals surface area contributed by atoms with Gasteiger partial charge in [0.2, 0.25) is 0 Å². The van der Waals surface area contributed by atoms with Gasteiger partial charge in [-0.15, -0.1) is 0 Å². The van der Waals surface area contributed by atoms with Crippen molar-refractivity contribution in [2.24, 2.45) is 0 Å². The molecule has 1 aliphatic rings. The van der Waals surface area contributed by atoms with Crippen molar-refractivity contribution in [2.75, 3.05) is 0 Å². The zero-order valence-corrected chi connectivity index (χ0v) is 30.8. The summed E-state index contributed by atoms with van der Waals surface area (Å²) in [6.07, 6.45) is 6.11. The Morgan fingerprint density at radius 2 is 0.981 bits per heavy atom. The summed E-state index contributed by atoms with van der Waals surface area (Å²) < 4.78 is 4.91. The Balaban J connectivity index is 1.14. The summed E-state index contributed by atoms with van der Waals surface area (Å²) in [5.74, 6) is 0. The van der Waals surface area contributed by atoms with E-state index in [9.17, 15) is 0 Å². The summed E-state index contributed by atoms with van der Waals surface area (Å²) in [5.41, 5.74) is 17.3. The van der Waals surface area contributed by atoms with Gasteiger partial charge in [-0.1, -0.05) is 153 Å². The average Bonchev–Trinajstić information content (AvgIpc) is 3.78. The van der Waals surface area contributed by atoms with Crippen LogP contribution in [0, 0.1) is 0 Å². The molecule has 258 valence electrons. The number of fused-ring (bicyclic) bond motifs is 7. The Morgan fingerprint density at radius 3 is 1.57 bits per heavy atom. The van der Waals surface area contributed by atoms with Gasteiger partial charge in [0.05, 0.1) is 22.1 Å². The fourth-order valence-corrected chi connectivity index (χ4v) is 8.82. The Bertz CT molecular complexity index is 3000. The fraction of sp³-hybridized carbons (Fsp3) is 0.0769. The maximum atomic E-state index is 3.92. The Kier molecular flexibility index (Phi) is 7.25. The molecule has 0 saturated heterocycles. The van der Waals surface area contributed by atoms with Gasteiger partial charge >= 0.3 is 0 Å². The second kappa shape index (κ2) is 12.2. The molecule has 10 rings (SSSR count). The number of hydrogen-bond donors (Lipinski definition) is 0. The molecule has 0 N–H and O–H groups in total. The number of rotatable bonds is 6. The zero-order chi connectivity index (χ0) is 36.6. The van der Waals surface area contributed by atoms with Crippen LogP contribution in [0.25, 0.3) is 82.8 Å². The monoisotopic (exact) mass is 692 g/mol. The van der Waals surface area contributed by atoms with E-state index >= 15 is 0 Å². The van der Waals surface area contributed by atoms with Gasteiger partial charge in [-0.3, -0.25) is 0 Å². The molecule has 0 amide bonds. The van der Waals surface area contributed by atoms with Crippen LogP contribution in [-0.2, 0) is 5.41 Å². The van der Waals surface area contributed by atoms with Crippen molar-refractivity contribution >= 4 is 49.2 Å². The normalized spacial score (nSPS) is 13.9. The molecule has 2 aromatic heterocycles. The molecule has 0 atom stereocenters. The molecular weight excluding hydrogens is 653 g/mol. The van der Waals surface area contributed by atoms with Crippen molar-refractivity contribution in [1.82, 2.24) is 9.13 Å². The molecule has 54 heavy (non-hydrogen) atoms. The Labute approximate surface area is 316 Å². The minimum absolute atomic E-state index is 0.0826. The third-order valence-electron chi connectivity index (χ3n) is 11.9. The third kappa shape index (κ3) is 4.80. The summed E-state index contributed by atoms with van der Waals surface area (Å²) in [4.78, 5) is 0. The number of benzene rings is 7. The Hall–Kier alpha value is -6.64. The van der Waals surface area contributed by atoms with Crippen molar-refractivity contribution in [3.05, 3.63) is 199 Å². The van der Waals surface area contributed by atoms with Gasteiger partial charge in [-0.2, -0.15) is 0 Å². The topological polar surface area (TPSA) is 9.86 Å². The smallest absolute Gasteiger partial charge is 0.0562 e. The molecule has 0 aliphatic heterocycles. The maximum Gasteiger partial charge on any atom is 0.0562 e. The van der Waals surface area contributed by atoms with Crippen LogP contribution in [-0.4, -0.2) is 9.13 Å². The van der Waals surface area contributed by atoms with Crippen molar-refractivity contribution < 1.29 is 0 Å². The van der Waals surface area contributed by atoms with Gasteiger partial charge < -0.3 is 9.13 Å². The largest absolute Gasteiger partial charge is 0.309 e. The standard InChI is InChI=1S/C52H40N2/c1-5-6-16-41-34(2)52(3,4)47-31-40(29-30-42(41)47)54-49-20-13-11-18-44(49)46-32-45-43-17-10-12-19-48(43)53(50(45)33-51(46)54)39-27-25-38(26-28-39)37-23-21-36(22-24-37)35-14-8-7-9-15-35/h5-33H,1H2,2-4H3/b16-6-. The SMILES string of the molecule is C=C/C=C\C1=C(C)C(C)(C)c2cc(-n3c4ccccc4c4cc5c6ccccc6n(-c6ccc(-c7ccc(-c8ccccc8)cc7)cc6)c5cc43)ccc21. The van der Waals surface area contributed by atoms with Crippen LogP contribution in [0.15, 0.2) is 188 Å². The van der Waals surface area contributed by atoms with Crippen LogP contribution in [0.2, 0.25) is 0 Å². The lowest BCUT2D eigenvalue weighted by atomic mass is 9.82. The lowest BCUT2D eigenvalue weighted by Gasteiger charge is -2.23. The van der Waals surface area contributed by atoms with Crippen LogP contribution in [0.5, 0.6) is 0 Å². The molecule has 7 aromatic carbocycles. The molecule has 1 aliphatic carbocycles. The quantitative estimate of drug-likeness (QED) is 0.154. The molecule has 9 aromatic rings. The van der Waals surface area contributed by atoms with Crippen LogP contribution in [0.1, 0.15) is 31.9 Å². The number of allylic oxidation sites excluding steroid dienone is 5. The molecule has 2 heteroatoms. The van der Waals surface area contributed by atoms with E-state index in [0.29, 0.717) is 0 Å².